The number of rotatable bonds is 6. The van der Waals surface area contributed by atoms with Crippen LogP contribution in [-0.2, 0) is 4.74 Å². The highest BCUT2D eigenvalue weighted by atomic mass is 32.1. The van der Waals surface area contributed by atoms with Crippen LogP contribution >= 0.6 is 11.3 Å². The summed E-state index contributed by atoms with van der Waals surface area (Å²) in [4.78, 5) is 22.0. The Morgan fingerprint density at radius 1 is 1.35 bits per heavy atom. The quantitative estimate of drug-likeness (QED) is 0.565. The van der Waals surface area contributed by atoms with Crippen molar-refractivity contribution in [2.75, 3.05) is 33.3 Å². The summed E-state index contributed by atoms with van der Waals surface area (Å²) >= 11 is 1.46. The molecule has 140 valence electrons. The second-order valence-corrected chi connectivity index (χ2v) is 7.50. The van der Waals surface area contributed by atoms with E-state index < -0.39 is 0 Å². The first-order valence-electron chi connectivity index (χ1n) is 9.20. The van der Waals surface area contributed by atoms with E-state index in [0.29, 0.717) is 11.5 Å². The van der Waals surface area contributed by atoms with E-state index >= 15 is 0 Å². The molecule has 3 rings (SSSR count). The summed E-state index contributed by atoms with van der Waals surface area (Å²) in [5.41, 5.74) is 1.37. The Balaban J connectivity index is 1.74. The third-order valence-corrected chi connectivity index (χ3v) is 5.71. The van der Waals surface area contributed by atoms with Crippen LogP contribution in [0.4, 0.5) is 0 Å². The molecule has 2 aliphatic rings. The lowest BCUT2D eigenvalue weighted by Gasteiger charge is -2.21. The van der Waals surface area contributed by atoms with Crippen LogP contribution in [0.3, 0.4) is 0 Å². The highest BCUT2D eigenvalue weighted by Gasteiger charge is 2.31. The molecule has 1 aromatic rings. The van der Waals surface area contributed by atoms with Gasteiger partial charge in [0.2, 0.25) is 0 Å². The third kappa shape index (κ3) is 4.24. The lowest BCUT2D eigenvalue weighted by atomic mass is 10.2. The molecule has 1 amide bonds. The zero-order chi connectivity index (χ0) is 18.5. The molecule has 0 unspecified atom stereocenters. The molecule has 0 bridgehead atoms. The fourth-order valence-corrected chi connectivity index (χ4v) is 4.16. The fraction of sp³-hybridized carbons (Fsp3) is 0.500. The normalized spacial score (nSPS) is 20.0. The molecule has 1 aromatic heterocycles. The molecule has 2 heterocycles. The van der Waals surface area contributed by atoms with Crippen molar-refractivity contribution < 1.29 is 9.53 Å². The highest BCUT2D eigenvalue weighted by molar-refractivity contribution is 7.11. The minimum absolute atomic E-state index is 0.0301. The van der Waals surface area contributed by atoms with Gasteiger partial charge in [-0.25, -0.2) is 4.98 Å². The van der Waals surface area contributed by atoms with Gasteiger partial charge in [0.1, 0.15) is 16.5 Å². The van der Waals surface area contributed by atoms with E-state index in [0.717, 1.165) is 49.2 Å². The zero-order valence-electron chi connectivity index (χ0n) is 15.6. The summed E-state index contributed by atoms with van der Waals surface area (Å²) < 4.78 is 5.39. The molecule has 1 saturated carbocycles. The van der Waals surface area contributed by atoms with Gasteiger partial charge in [0.25, 0.3) is 5.91 Å². The van der Waals surface area contributed by atoms with E-state index in [4.69, 9.17) is 4.74 Å². The van der Waals surface area contributed by atoms with Crippen molar-refractivity contribution in [1.82, 2.24) is 14.8 Å². The maximum absolute atomic E-state index is 12.9. The number of amides is 1. The second-order valence-electron chi connectivity index (χ2n) is 6.64. The van der Waals surface area contributed by atoms with E-state index in [9.17, 15) is 4.79 Å². The van der Waals surface area contributed by atoms with Crippen molar-refractivity contribution in [1.29, 1.82) is 0 Å². The van der Waals surface area contributed by atoms with Gasteiger partial charge in [-0.15, -0.1) is 11.3 Å². The number of hydrogen-bond donors (Lipinski definition) is 0. The molecule has 0 atom stereocenters. The molecule has 1 aliphatic heterocycles. The first-order valence-corrected chi connectivity index (χ1v) is 10.1. The van der Waals surface area contributed by atoms with Gasteiger partial charge in [0.15, 0.2) is 0 Å². The maximum Gasteiger partial charge on any atom is 0.273 e. The van der Waals surface area contributed by atoms with Gasteiger partial charge in [-0.3, -0.25) is 9.69 Å². The molecule has 26 heavy (non-hydrogen) atoms. The van der Waals surface area contributed by atoms with Crippen LogP contribution in [0.1, 0.15) is 41.7 Å². The standard InChI is InChI=1S/C20H27N3O2S/c1-4-7-16(18(5-2)25-3)19-21-17(14-26-19)20(24)23-11-6-10-22(12-13-23)15-8-9-15/h4-5,7,14-15H,2,6,8-13H2,1,3H3/b7-4-,18-16-. The van der Waals surface area contributed by atoms with E-state index in [1.807, 2.05) is 29.4 Å². The van der Waals surface area contributed by atoms with Gasteiger partial charge in [-0.1, -0.05) is 18.7 Å². The van der Waals surface area contributed by atoms with Gasteiger partial charge in [-0.2, -0.15) is 0 Å². The summed E-state index contributed by atoms with van der Waals surface area (Å²) in [7, 11) is 1.61. The largest absolute Gasteiger partial charge is 0.496 e. The zero-order valence-corrected chi connectivity index (χ0v) is 16.4. The van der Waals surface area contributed by atoms with Gasteiger partial charge in [-0.05, 0) is 32.3 Å². The molecule has 6 heteroatoms. The molecule has 0 aromatic carbocycles. The van der Waals surface area contributed by atoms with E-state index in [1.165, 1.54) is 24.2 Å². The lowest BCUT2D eigenvalue weighted by Crippen LogP contribution is -2.35. The molecule has 5 nitrogen and oxygen atoms in total. The van der Waals surface area contributed by atoms with Crippen LogP contribution in [0.25, 0.3) is 5.57 Å². The van der Waals surface area contributed by atoms with Gasteiger partial charge >= 0.3 is 0 Å². The van der Waals surface area contributed by atoms with Crippen molar-refractivity contribution in [2.24, 2.45) is 0 Å². The van der Waals surface area contributed by atoms with Crippen LogP contribution in [0, 0.1) is 0 Å². The van der Waals surface area contributed by atoms with Gasteiger partial charge in [0.05, 0.1) is 12.7 Å². The topological polar surface area (TPSA) is 45.7 Å². The molecule has 1 saturated heterocycles. The Labute approximate surface area is 159 Å². The predicted octanol–water partition coefficient (Wildman–Crippen LogP) is 3.57. The molecule has 0 radical (unpaired) electrons. The molecule has 2 fully saturated rings. The minimum atomic E-state index is 0.0301. The van der Waals surface area contributed by atoms with Crippen LogP contribution < -0.4 is 0 Å². The maximum atomic E-state index is 12.9. The van der Waals surface area contributed by atoms with Crippen LogP contribution in [-0.4, -0.2) is 60.0 Å². The van der Waals surface area contributed by atoms with Gasteiger partial charge in [0, 0.05) is 37.6 Å². The van der Waals surface area contributed by atoms with Crippen molar-refractivity contribution in [3.05, 3.63) is 46.6 Å². The number of nitrogens with zero attached hydrogens (tertiary/aromatic N) is 3. The first-order chi connectivity index (χ1) is 12.7. The summed E-state index contributed by atoms with van der Waals surface area (Å²) in [5.74, 6) is 0.689. The van der Waals surface area contributed by atoms with Crippen molar-refractivity contribution >= 4 is 22.8 Å². The van der Waals surface area contributed by atoms with E-state index in [-0.39, 0.29) is 5.91 Å². The summed E-state index contributed by atoms with van der Waals surface area (Å²) in [5, 5.41) is 2.62. The van der Waals surface area contributed by atoms with Crippen molar-refractivity contribution in [3.63, 3.8) is 0 Å². The fourth-order valence-electron chi connectivity index (χ4n) is 3.33. The number of hydrogen-bond acceptors (Lipinski definition) is 5. The number of carbonyl (C=O) groups is 1. The first kappa shape index (κ1) is 18.9. The van der Waals surface area contributed by atoms with Crippen molar-refractivity contribution in [3.8, 4) is 0 Å². The Hall–Kier alpha value is -1.92. The van der Waals surface area contributed by atoms with E-state index in [1.54, 1.807) is 13.2 Å². The molecular weight excluding hydrogens is 346 g/mol. The lowest BCUT2D eigenvalue weighted by molar-refractivity contribution is 0.0756. The van der Waals surface area contributed by atoms with Crippen LogP contribution in [0.15, 0.2) is 35.9 Å². The predicted molar refractivity (Wildman–Crippen MR) is 106 cm³/mol. The average molecular weight is 374 g/mol. The van der Waals surface area contributed by atoms with Crippen LogP contribution in [0.2, 0.25) is 0 Å². The second kappa shape index (κ2) is 8.64. The number of allylic oxidation sites excluding steroid dienone is 4. The average Bonchev–Trinajstić information content (AvgIpc) is 3.42. The highest BCUT2D eigenvalue weighted by Crippen LogP contribution is 2.28. The number of carbonyl (C=O) groups excluding carboxylic acids is 1. The summed E-state index contributed by atoms with van der Waals surface area (Å²) in [6, 6.07) is 0.760. The Kier molecular flexibility index (Phi) is 6.27. The molecule has 0 N–H and O–H groups in total. The van der Waals surface area contributed by atoms with Crippen molar-refractivity contribution in [2.45, 2.75) is 32.2 Å². The van der Waals surface area contributed by atoms with Gasteiger partial charge < -0.3 is 9.64 Å². The minimum Gasteiger partial charge on any atom is -0.496 e. The number of ether oxygens (including phenoxy) is 1. The Morgan fingerprint density at radius 2 is 2.15 bits per heavy atom. The Morgan fingerprint density at radius 3 is 2.81 bits per heavy atom. The third-order valence-electron chi connectivity index (χ3n) is 4.84. The monoisotopic (exact) mass is 373 g/mol. The number of aromatic nitrogens is 1. The molecule has 0 spiro atoms. The smallest absolute Gasteiger partial charge is 0.273 e. The van der Waals surface area contributed by atoms with Crippen LogP contribution in [0.5, 0.6) is 0 Å². The van der Waals surface area contributed by atoms with E-state index in [2.05, 4.69) is 16.5 Å². The summed E-state index contributed by atoms with van der Waals surface area (Å²) in [6.45, 7) is 9.40. The number of thiazole rings is 1. The molecule has 1 aliphatic carbocycles. The summed E-state index contributed by atoms with van der Waals surface area (Å²) in [6.07, 6.45) is 9.20. The SMILES string of the molecule is C=C/C(OC)=C(\C=C/C)c1nc(C(=O)N2CCCN(C3CC3)CC2)cs1. The Bertz CT molecular complexity index is 718. The number of methoxy groups -OCH3 is 1. The molecular formula is C20H27N3O2S.